The molecular weight excluding hydrogens is 691 g/mol. The second-order valence-corrected chi connectivity index (χ2v) is 15.6. The SMILES string of the molecule is CC/C=C/C/C=C/C/C=C/CCCC(=O)OCC(COCCC(C(=O)[O-])[N+](C)(C)C)OC(=O)CCCCCCCCCCCC/C=C/C=C/CCCCCC. The number of carbonyl (C=O) groups excluding carboxylic acids is 3. The predicted molar refractivity (Wildman–Crippen MR) is 226 cm³/mol. The fourth-order valence-electron chi connectivity index (χ4n) is 6.03. The van der Waals surface area contributed by atoms with Crippen LogP contribution in [0.5, 0.6) is 0 Å². The van der Waals surface area contributed by atoms with Crippen molar-refractivity contribution in [3.05, 3.63) is 60.8 Å². The number of carboxylic acid groups (broad SMARTS) is 1. The lowest BCUT2D eigenvalue weighted by Crippen LogP contribution is -2.55. The van der Waals surface area contributed by atoms with Crippen LogP contribution in [0.15, 0.2) is 60.8 Å². The highest BCUT2D eigenvalue weighted by Gasteiger charge is 2.25. The molecule has 0 aromatic rings. The smallest absolute Gasteiger partial charge is 0.306 e. The molecule has 8 heteroatoms. The van der Waals surface area contributed by atoms with E-state index in [0.717, 1.165) is 51.4 Å². The Kier molecular flexibility index (Phi) is 35.9. The lowest BCUT2D eigenvalue weighted by Gasteiger charge is -2.34. The molecule has 0 rings (SSSR count). The third kappa shape index (κ3) is 36.4. The summed E-state index contributed by atoms with van der Waals surface area (Å²) in [4.78, 5) is 36.8. The van der Waals surface area contributed by atoms with Gasteiger partial charge in [0.1, 0.15) is 12.6 Å². The van der Waals surface area contributed by atoms with Gasteiger partial charge in [-0.15, -0.1) is 0 Å². The monoisotopic (exact) mass is 772 g/mol. The van der Waals surface area contributed by atoms with Gasteiger partial charge in [0, 0.05) is 19.3 Å². The Labute approximate surface area is 337 Å². The molecule has 0 saturated carbocycles. The normalized spacial score (nSPS) is 13.5. The van der Waals surface area contributed by atoms with Crippen LogP contribution >= 0.6 is 0 Å². The van der Waals surface area contributed by atoms with Crippen molar-refractivity contribution in [2.45, 2.75) is 180 Å². The molecule has 0 N–H and O–H groups in total. The third-order valence-corrected chi connectivity index (χ3v) is 9.42. The van der Waals surface area contributed by atoms with Crippen molar-refractivity contribution in [1.82, 2.24) is 0 Å². The van der Waals surface area contributed by atoms with Crippen LogP contribution in [0, 0.1) is 0 Å². The van der Waals surface area contributed by atoms with Crippen molar-refractivity contribution in [1.29, 1.82) is 0 Å². The molecule has 2 unspecified atom stereocenters. The molecule has 2 atom stereocenters. The summed E-state index contributed by atoms with van der Waals surface area (Å²) < 4.78 is 17.1. The summed E-state index contributed by atoms with van der Waals surface area (Å²) in [5.74, 6) is -1.81. The van der Waals surface area contributed by atoms with Gasteiger partial charge in [0.25, 0.3) is 0 Å². The summed E-state index contributed by atoms with van der Waals surface area (Å²) >= 11 is 0. The number of ether oxygens (including phenoxy) is 3. The number of aliphatic carboxylic acids is 1. The predicted octanol–water partition coefficient (Wildman–Crippen LogP) is 10.5. The van der Waals surface area contributed by atoms with Gasteiger partial charge in [0.2, 0.25) is 0 Å². The van der Waals surface area contributed by atoms with E-state index in [9.17, 15) is 19.5 Å². The van der Waals surface area contributed by atoms with Crippen molar-refractivity contribution >= 4 is 17.9 Å². The van der Waals surface area contributed by atoms with Crippen LogP contribution in [0.1, 0.15) is 168 Å². The maximum Gasteiger partial charge on any atom is 0.306 e. The Bertz CT molecular complexity index is 1090. The highest BCUT2D eigenvalue weighted by Crippen LogP contribution is 2.14. The summed E-state index contributed by atoms with van der Waals surface area (Å²) in [6, 6.07) is -0.734. The number of unbranched alkanes of at least 4 members (excludes halogenated alkanes) is 15. The van der Waals surface area contributed by atoms with Crippen LogP contribution in [-0.4, -0.2) is 75.5 Å². The number of hydrogen-bond acceptors (Lipinski definition) is 7. The first kappa shape index (κ1) is 52.0. The standard InChI is InChI=1S/C47H81NO7/c1-6-8-10-12-14-16-18-19-20-21-22-23-24-25-26-28-30-32-34-36-38-46(50)55-43(41-53-40-39-44(47(51)52)48(3,4)5)42-54-45(49)37-35-33-31-29-27-17-15-13-11-9-7-2/h9,11,15-20,29,31,43-44H,6-8,10,12-14,21-28,30,32-42H2,1-5H3/b11-9+,17-15+,18-16+,20-19+,31-29+. The molecule has 316 valence electrons. The van der Waals surface area contributed by atoms with Crippen LogP contribution in [0.2, 0.25) is 0 Å². The number of likely N-dealkylation sites (N-methyl/N-ethyl adjacent to an activating group) is 1. The van der Waals surface area contributed by atoms with E-state index < -0.39 is 18.1 Å². The number of esters is 2. The van der Waals surface area contributed by atoms with E-state index in [0.29, 0.717) is 12.8 Å². The van der Waals surface area contributed by atoms with E-state index in [1.54, 1.807) is 21.1 Å². The van der Waals surface area contributed by atoms with Gasteiger partial charge >= 0.3 is 11.9 Å². The maximum atomic E-state index is 12.7. The number of carbonyl (C=O) groups is 3. The van der Waals surface area contributed by atoms with Gasteiger partial charge in [0.05, 0.1) is 40.3 Å². The van der Waals surface area contributed by atoms with E-state index in [1.807, 2.05) is 0 Å². The molecule has 0 heterocycles. The molecular formula is C47H81NO7. The number of quaternary nitrogens is 1. The Morgan fingerprint density at radius 3 is 1.65 bits per heavy atom. The third-order valence-electron chi connectivity index (χ3n) is 9.42. The second kappa shape index (κ2) is 37.9. The fourth-order valence-corrected chi connectivity index (χ4v) is 6.03. The highest BCUT2D eigenvalue weighted by atomic mass is 16.6. The Balaban J connectivity index is 4.35. The molecule has 0 aromatic heterocycles. The Hall–Kier alpha value is -2.97. The Morgan fingerprint density at radius 2 is 1.09 bits per heavy atom. The first-order valence-corrected chi connectivity index (χ1v) is 21.8. The van der Waals surface area contributed by atoms with Crippen LogP contribution in [0.25, 0.3) is 0 Å². The van der Waals surface area contributed by atoms with Crippen molar-refractivity contribution in [2.24, 2.45) is 0 Å². The quantitative estimate of drug-likeness (QED) is 0.0202. The highest BCUT2D eigenvalue weighted by molar-refractivity contribution is 5.70. The van der Waals surface area contributed by atoms with Crippen LogP contribution < -0.4 is 5.11 Å². The van der Waals surface area contributed by atoms with Gasteiger partial charge in [-0.25, -0.2) is 0 Å². The van der Waals surface area contributed by atoms with Crippen LogP contribution in [0.4, 0.5) is 0 Å². The van der Waals surface area contributed by atoms with E-state index in [2.05, 4.69) is 74.6 Å². The molecule has 0 saturated heterocycles. The minimum Gasteiger partial charge on any atom is -0.544 e. The summed E-state index contributed by atoms with van der Waals surface area (Å²) in [7, 11) is 5.38. The molecule has 0 amide bonds. The molecule has 8 nitrogen and oxygen atoms in total. The second-order valence-electron chi connectivity index (χ2n) is 15.6. The average molecular weight is 772 g/mol. The van der Waals surface area contributed by atoms with E-state index >= 15 is 0 Å². The van der Waals surface area contributed by atoms with Gasteiger partial charge in [-0.1, -0.05) is 145 Å². The molecule has 0 aliphatic carbocycles. The number of carboxylic acids is 1. The van der Waals surface area contributed by atoms with Gasteiger partial charge in [0.15, 0.2) is 6.10 Å². The van der Waals surface area contributed by atoms with Crippen LogP contribution in [0.3, 0.4) is 0 Å². The van der Waals surface area contributed by atoms with Crippen molar-refractivity contribution < 1.29 is 38.2 Å². The zero-order chi connectivity index (χ0) is 40.7. The first-order valence-electron chi connectivity index (χ1n) is 21.8. The summed E-state index contributed by atoms with van der Waals surface area (Å²) in [5, 5.41) is 11.6. The molecule has 0 radical (unpaired) electrons. The number of nitrogens with zero attached hydrogens (tertiary/aromatic N) is 1. The minimum absolute atomic E-state index is 0.0215. The number of rotatable bonds is 38. The summed E-state index contributed by atoms with van der Waals surface area (Å²) in [5.41, 5.74) is 0. The topological polar surface area (TPSA) is 102 Å². The van der Waals surface area contributed by atoms with Crippen molar-refractivity contribution in [2.75, 3.05) is 41.0 Å². The van der Waals surface area contributed by atoms with E-state index in [4.69, 9.17) is 14.2 Å². The zero-order valence-electron chi connectivity index (χ0n) is 35.8. The number of hydrogen-bond donors (Lipinski definition) is 0. The lowest BCUT2D eigenvalue weighted by molar-refractivity contribution is -0.889. The number of allylic oxidation sites excluding steroid dienone is 10. The van der Waals surface area contributed by atoms with Crippen molar-refractivity contribution in [3.63, 3.8) is 0 Å². The van der Waals surface area contributed by atoms with Gasteiger partial charge in [-0.2, -0.15) is 0 Å². The minimum atomic E-state index is -1.13. The van der Waals surface area contributed by atoms with E-state index in [1.165, 1.54) is 77.0 Å². The van der Waals surface area contributed by atoms with Gasteiger partial charge < -0.3 is 28.6 Å². The lowest BCUT2D eigenvalue weighted by atomic mass is 10.1. The van der Waals surface area contributed by atoms with Gasteiger partial charge in [-0.05, 0) is 64.2 Å². The fraction of sp³-hybridized carbons (Fsp3) is 0.723. The average Bonchev–Trinajstić information content (AvgIpc) is 3.14. The van der Waals surface area contributed by atoms with Crippen molar-refractivity contribution in [3.8, 4) is 0 Å². The van der Waals surface area contributed by atoms with Gasteiger partial charge in [-0.3, -0.25) is 9.59 Å². The maximum absolute atomic E-state index is 12.7. The molecule has 0 spiro atoms. The molecule has 0 aliphatic rings. The van der Waals surface area contributed by atoms with Crippen LogP contribution in [-0.2, 0) is 28.6 Å². The molecule has 0 bridgehead atoms. The van der Waals surface area contributed by atoms with E-state index in [-0.39, 0.29) is 49.1 Å². The zero-order valence-corrected chi connectivity index (χ0v) is 35.8. The summed E-state index contributed by atoms with van der Waals surface area (Å²) in [6.45, 7) is 4.45. The first-order chi connectivity index (χ1) is 26.6. The molecule has 0 aliphatic heterocycles. The molecule has 0 fully saturated rings. The Morgan fingerprint density at radius 1 is 0.582 bits per heavy atom. The largest absolute Gasteiger partial charge is 0.544 e. The summed E-state index contributed by atoms with van der Waals surface area (Å²) in [6.07, 6.45) is 45.4. The molecule has 55 heavy (non-hydrogen) atoms. The molecule has 0 aromatic carbocycles.